The van der Waals surface area contributed by atoms with Gasteiger partial charge in [-0.3, -0.25) is 14.3 Å². The van der Waals surface area contributed by atoms with Gasteiger partial charge in [0.2, 0.25) is 5.91 Å². The lowest BCUT2D eigenvalue weighted by atomic mass is 10.0. The van der Waals surface area contributed by atoms with E-state index >= 15 is 0 Å². The van der Waals surface area contributed by atoms with Gasteiger partial charge < -0.3 is 25.4 Å². The molecular weight excluding hydrogens is 627 g/mol. The van der Waals surface area contributed by atoms with Crippen LogP contribution < -0.4 is 10.6 Å². The lowest BCUT2D eigenvalue weighted by molar-refractivity contribution is -0.139. The number of rotatable bonds is 6. The number of carbonyl (C=O) groups excluding carboxylic acids is 3. The molecule has 248 valence electrons. The fourth-order valence-corrected chi connectivity index (χ4v) is 6.28. The number of aromatic nitrogens is 2. The second-order valence-corrected chi connectivity index (χ2v) is 13.7. The summed E-state index contributed by atoms with van der Waals surface area (Å²) in [5.74, 6) is 6.81. The number of hydrogen-bond donors (Lipinski definition) is 3. The molecular formula is C37H39N5O5S. The zero-order valence-electron chi connectivity index (χ0n) is 27.6. The van der Waals surface area contributed by atoms with E-state index in [9.17, 15) is 19.5 Å². The molecule has 3 aromatic carbocycles. The molecule has 1 fully saturated rings. The van der Waals surface area contributed by atoms with Crippen molar-refractivity contribution in [2.24, 2.45) is 7.05 Å². The molecule has 1 aliphatic heterocycles. The molecule has 2 heterocycles. The van der Waals surface area contributed by atoms with Gasteiger partial charge in [-0.2, -0.15) is 16.9 Å². The predicted octanol–water partition coefficient (Wildman–Crippen LogP) is 5.65. The Bertz CT molecular complexity index is 1850. The summed E-state index contributed by atoms with van der Waals surface area (Å²) in [6.45, 7) is 7.56. The summed E-state index contributed by atoms with van der Waals surface area (Å²) in [4.78, 5) is 41.8. The summed E-state index contributed by atoms with van der Waals surface area (Å²) in [5.41, 5.74) is 4.01. The standard InChI is InChI=1S/C37H39N5O5S/c1-24-11-18-31(43)29(21-24)32-27(22-41(5)40-32)15-12-25-13-16-28(17-14-25)38-34(44)30-23-48-20-19-42(30)35(45)33(26-9-7-6-8-10-26)39-36(46)47-37(2,3)4/h6-11,13-14,16-18,21-22,30,33,43H,19-20,23H2,1-5H3,(H,38,44)(H,39,46)/t30?,33-/m1/s1. The van der Waals surface area contributed by atoms with Crippen LogP contribution in [0.2, 0.25) is 0 Å². The predicted molar refractivity (Wildman–Crippen MR) is 187 cm³/mol. The van der Waals surface area contributed by atoms with E-state index in [2.05, 4.69) is 27.6 Å². The van der Waals surface area contributed by atoms with Crippen LogP contribution in [0.15, 0.2) is 79.0 Å². The number of benzene rings is 3. The number of amides is 3. The highest BCUT2D eigenvalue weighted by molar-refractivity contribution is 7.99. The van der Waals surface area contributed by atoms with Gasteiger partial charge in [-0.05, 0) is 69.7 Å². The smallest absolute Gasteiger partial charge is 0.408 e. The summed E-state index contributed by atoms with van der Waals surface area (Å²) >= 11 is 1.59. The van der Waals surface area contributed by atoms with Crippen molar-refractivity contribution in [3.05, 3.63) is 101 Å². The largest absolute Gasteiger partial charge is 0.507 e. The van der Waals surface area contributed by atoms with E-state index in [0.717, 1.165) is 11.1 Å². The zero-order valence-corrected chi connectivity index (χ0v) is 28.4. The van der Waals surface area contributed by atoms with E-state index in [0.29, 0.717) is 46.1 Å². The number of hydrogen-bond acceptors (Lipinski definition) is 7. The molecule has 48 heavy (non-hydrogen) atoms. The third kappa shape index (κ3) is 8.57. The van der Waals surface area contributed by atoms with Gasteiger partial charge >= 0.3 is 6.09 Å². The number of nitrogens with one attached hydrogen (secondary N) is 2. The fourth-order valence-electron chi connectivity index (χ4n) is 5.23. The van der Waals surface area contributed by atoms with Gasteiger partial charge in [-0.25, -0.2) is 4.79 Å². The van der Waals surface area contributed by atoms with E-state index in [1.807, 2.05) is 25.1 Å². The molecule has 1 aliphatic rings. The topological polar surface area (TPSA) is 126 Å². The second-order valence-electron chi connectivity index (χ2n) is 12.5. The molecule has 3 N–H and O–H groups in total. The number of alkyl carbamates (subject to hydrolysis) is 1. The Balaban J connectivity index is 1.30. The van der Waals surface area contributed by atoms with E-state index in [1.165, 1.54) is 4.90 Å². The zero-order chi connectivity index (χ0) is 34.4. The van der Waals surface area contributed by atoms with E-state index in [-0.39, 0.29) is 17.6 Å². The van der Waals surface area contributed by atoms with Gasteiger partial charge in [0, 0.05) is 48.1 Å². The maximum Gasteiger partial charge on any atom is 0.408 e. The summed E-state index contributed by atoms with van der Waals surface area (Å²) in [6, 6.07) is 19.7. The van der Waals surface area contributed by atoms with Crippen molar-refractivity contribution in [1.29, 1.82) is 0 Å². The number of thioether (sulfide) groups is 1. The van der Waals surface area contributed by atoms with Crippen LogP contribution in [0, 0.1) is 18.8 Å². The first-order valence-corrected chi connectivity index (χ1v) is 16.7. The molecule has 4 aromatic rings. The minimum Gasteiger partial charge on any atom is -0.507 e. The number of carbonyl (C=O) groups is 3. The first-order chi connectivity index (χ1) is 22.9. The van der Waals surface area contributed by atoms with Crippen molar-refractivity contribution in [1.82, 2.24) is 20.0 Å². The molecule has 0 spiro atoms. The Labute approximate surface area is 284 Å². The minimum absolute atomic E-state index is 0.133. The number of aryl methyl sites for hydroxylation is 2. The third-order valence-corrected chi connectivity index (χ3v) is 8.51. The van der Waals surface area contributed by atoms with Crippen molar-refractivity contribution in [3.63, 3.8) is 0 Å². The highest BCUT2D eigenvalue weighted by Gasteiger charge is 2.37. The number of nitrogens with zero attached hydrogens (tertiary/aromatic N) is 3. The van der Waals surface area contributed by atoms with Crippen molar-refractivity contribution >= 4 is 35.4 Å². The maximum atomic E-state index is 14.0. The van der Waals surface area contributed by atoms with Crippen LogP contribution in [0.3, 0.4) is 0 Å². The van der Waals surface area contributed by atoms with Gasteiger partial charge in [-0.1, -0.05) is 53.8 Å². The number of aromatic hydroxyl groups is 1. The van der Waals surface area contributed by atoms with Crippen LogP contribution in [0.25, 0.3) is 11.3 Å². The molecule has 1 unspecified atom stereocenters. The molecule has 3 amide bonds. The normalized spacial score (nSPS) is 15.1. The Morgan fingerprint density at radius 2 is 1.77 bits per heavy atom. The van der Waals surface area contributed by atoms with Crippen molar-refractivity contribution in [3.8, 4) is 28.8 Å². The minimum atomic E-state index is -1.02. The second kappa shape index (κ2) is 14.7. The summed E-state index contributed by atoms with van der Waals surface area (Å²) in [5, 5.41) is 20.6. The van der Waals surface area contributed by atoms with Crippen molar-refractivity contribution < 1.29 is 24.2 Å². The van der Waals surface area contributed by atoms with Gasteiger partial charge in [-0.15, -0.1) is 0 Å². The summed E-state index contributed by atoms with van der Waals surface area (Å²) in [6.07, 6.45) is 1.09. The fraction of sp³-hybridized carbons (Fsp3) is 0.297. The van der Waals surface area contributed by atoms with Gasteiger partial charge in [0.25, 0.3) is 5.91 Å². The number of ether oxygens (including phenoxy) is 1. The molecule has 0 saturated carbocycles. The Hall–Kier alpha value is -5.21. The Morgan fingerprint density at radius 1 is 1.04 bits per heavy atom. The molecule has 5 rings (SSSR count). The number of anilines is 1. The van der Waals surface area contributed by atoms with Gasteiger partial charge in [0.05, 0.1) is 5.56 Å². The lowest BCUT2D eigenvalue weighted by Crippen LogP contribution is -2.55. The average Bonchev–Trinajstić information content (AvgIpc) is 3.43. The SMILES string of the molecule is Cc1ccc(O)c(-c2nn(C)cc2C#Cc2ccc(NC(=O)C3CSCCN3C(=O)[C@H](NC(=O)OC(C)(C)C)c3ccccc3)cc2)c1. The van der Waals surface area contributed by atoms with Crippen LogP contribution in [-0.2, 0) is 21.4 Å². The summed E-state index contributed by atoms with van der Waals surface area (Å²) in [7, 11) is 1.80. The highest BCUT2D eigenvalue weighted by Crippen LogP contribution is 2.31. The van der Waals surface area contributed by atoms with E-state index in [4.69, 9.17) is 4.74 Å². The van der Waals surface area contributed by atoms with Crippen LogP contribution in [0.4, 0.5) is 10.5 Å². The van der Waals surface area contributed by atoms with Crippen LogP contribution in [-0.4, -0.2) is 67.4 Å². The van der Waals surface area contributed by atoms with Crippen LogP contribution in [0.1, 0.15) is 49.1 Å². The molecule has 0 radical (unpaired) electrons. The van der Waals surface area contributed by atoms with E-state index in [1.54, 1.807) is 105 Å². The Morgan fingerprint density at radius 3 is 2.48 bits per heavy atom. The van der Waals surface area contributed by atoms with Crippen LogP contribution in [0.5, 0.6) is 5.75 Å². The number of phenols is 1. The quantitative estimate of drug-likeness (QED) is 0.227. The average molecular weight is 666 g/mol. The molecule has 10 nitrogen and oxygen atoms in total. The third-order valence-electron chi connectivity index (χ3n) is 7.49. The van der Waals surface area contributed by atoms with Crippen molar-refractivity contribution in [2.45, 2.75) is 45.4 Å². The monoisotopic (exact) mass is 665 g/mol. The van der Waals surface area contributed by atoms with Crippen molar-refractivity contribution in [2.75, 3.05) is 23.4 Å². The molecule has 2 atom stereocenters. The molecule has 11 heteroatoms. The maximum absolute atomic E-state index is 14.0. The molecule has 0 aliphatic carbocycles. The molecule has 1 saturated heterocycles. The first-order valence-electron chi connectivity index (χ1n) is 15.6. The van der Waals surface area contributed by atoms with Crippen LogP contribution >= 0.6 is 11.8 Å². The summed E-state index contributed by atoms with van der Waals surface area (Å²) < 4.78 is 7.10. The van der Waals surface area contributed by atoms with Gasteiger partial charge in [0.1, 0.15) is 29.1 Å². The Kier molecular flexibility index (Phi) is 10.4. The number of phenolic OH excluding ortho intramolecular Hbond substituents is 1. The highest BCUT2D eigenvalue weighted by atomic mass is 32.2. The lowest BCUT2D eigenvalue weighted by Gasteiger charge is -2.37. The molecule has 1 aromatic heterocycles. The first kappa shape index (κ1) is 34.1. The van der Waals surface area contributed by atoms with Gasteiger partial charge in [0.15, 0.2) is 0 Å². The van der Waals surface area contributed by atoms with E-state index < -0.39 is 23.8 Å². The molecule has 0 bridgehead atoms.